The van der Waals surface area contributed by atoms with Gasteiger partial charge in [0.25, 0.3) is 0 Å². The van der Waals surface area contributed by atoms with Gasteiger partial charge in [-0.1, -0.05) is 6.58 Å². The number of rotatable bonds is 2. The lowest BCUT2D eigenvalue weighted by Gasteiger charge is -2.03. The van der Waals surface area contributed by atoms with Crippen molar-refractivity contribution in [1.82, 2.24) is 0 Å². The summed E-state index contributed by atoms with van der Waals surface area (Å²) in [5, 5.41) is 0. The summed E-state index contributed by atoms with van der Waals surface area (Å²) in [6, 6.07) is 0. The Morgan fingerprint density at radius 1 is 1.36 bits per heavy atom. The van der Waals surface area contributed by atoms with E-state index >= 15 is 0 Å². The van der Waals surface area contributed by atoms with Gasteiger partial charge in [-0.05, 0) is 12.7 Å². The Bertz CT molecular complexity index is 201. The van der Waals surface area contributed by atoms with Crippen molar-refractivity contribution in [2.45, 2.75) is 6.18 Å². The molecule has 0 fully saturated rings. The molecule has 62 valence electrons. The number of nitrogens with zero attached hydrogens (tertiary/aromatic N) is 1. The van der Waals surface area contributed by atoms with Crippen LogP contribution in [0.3, 0.4) is 0 Å². The minimum absolute atomic E-state index is 0.421. The van der Waals surface area contributed by atoms with Crippen LogP contribution in [0.5, 0.6) is 0 Å². The summed E-state index contributed by atoms with van der Waals surface area (Å²) in [7, 11) is 0. The maximum Gasteiger partial charge on any atom is 0.433 e. The van der Waals surface area contributed by atoms with Gasteiger partial charge in [0.05, 0.1) is 0 Å². The van der Waals surface area contributed by atoms with E-state index in [0.29, 0.717) is 6.08 Å². The van der Waals surface area contributed by atoms with E-state index in [1.165, 1.54) is 0 Å². The molecule has 0 aromatic rings. The van der Waals surface area contributed by atoms with E-state index in [2.05, 4.69) is 18.2 Å². The molecule has 0 spiro atoms. The molecule has 0 aliphatic carbocycles. The molecule has 0 radical (unpaired) electrons. The first-order valence-corrected chi connectivity index (χ1v) is 2.50. The van der Waals surface area contributed by atoms with Crippen molar-refractivity contribution in [2.24, 2.45) is 4.99 Å². The van der Waals surface area contributed by atoms with Gasteiger partial charge in [-0.25, -0.2) is 4.99 Å². The van der Waals surface area contributed by atoms with Crippen molar-refractivity contribution in [1.29, 1.82) is 0 Å². The van der Waals surface area contributed by atoms with E-state index in [9.17, 15) is 17.6 Å². The summed E-state index contributed by atoms with van der Waals surface area (Å²) in [5.74, 6) is -1.39. The highest BCUT2D eigenvalue weighted by atomic mass is 19.4. The van der Waals surface area contributed by atoms with Crippen LogP contribution in [0, 0.1) is 0 Å². The van der Waals surface area contributed by atoms with E-state index in [1.807, 2.05) is 0 Å². The van der Waals surface area contributed by atoms with Crippen molar-refractivity contribution >= 4 is 5.71 Å². The van der Waals surface area contributed by atoms with Gasteiger partial charge in [0.15, 0.2) is 0 Å². The number of hydrogen-bond acceptors (Lipinski definition) is 1. The Morgan fingerprint density at radius 3 is 1.91 bits per heavy atom. The van der Waals surface area contributed by atoms with E-state index in [4.69, 9.17) is 0 Å². The summed E-state index contributed by atoms with van der Waals surface area (Å²) >= 11 is 0. The fraction of sp³-hybridized carbons (Fsp3) is 0.167. The van der Waals surface area contributed by atoms with Crippen LogP contribution in [-0.4, -0.2) is 11.9 Å². The smallest absolute Gasteiger partial charge is 0.216 e. The van der Waals surface area contributed by atoms with Crippen LogP contribution in [0.1, 0.15) is 0 Å². The number of allylic oxidation sites excluding steroid dienone is 1. The zero-order chi connectivity index (χ0) is 9.07. The largest absolute Gasteiger partial charge is 0.433 e. The van der Waals surface area contributed by atoms with E-state index in [0.717, 1.165) is 0 Å². The average Bonchev–Trinajstić information content (AvgIpc) is 1.79. The second-order valence-corrected chi connectivity index (χ2v) is 1.58. The van der Waals surface area contributed by atoms with E-state index in [1.54, 1.807) is 0 Å². The van der Waals surface area contributed by atoms with Crippen LogP contribution >= 0.6 is 0 Å². The third-order valence-corrected chi connectivity index (χ3v) is 0.726. The third kappa shape index (κ3) is 3.54. The van der Waals surface area contributed by atoms with Crippen molar-refractivity contribution in [3.05, 3.63) is 25.2 Å². The van der Waals surface area contributed by atoms with Gasteiger partial charge in [-0.15, -0.1) is 0 Å². The van der Waals surface area contributed by atoms with Crippen LogP contribution in [0.25, 0.3) is 0 Å². The summed E-state index contributed by atoms with van der Waals surface area (Å²) in [4.78, 5) is 2.48. The molecule has 5 heteroatoms. The normalized spacial score (nSPS) is 12.9. The van der Waals surface area contributed by atoms with E-state index < -0.39 is 17.8 Å². The number of halogens is 4. The molecular weight excluding hydrogens is 162 g/mol. The van der Waals surface area contributed by atoms with Crippen LogP contribution < -0.4 is 0 Å². The van der Waals surface area contributed by atoms with Crippen LogP contribution in [0.4, 0.5) is 17.6 Å². The predicted octanol–water partition coefficient (Wildman–Crippen LogP) is 2.62. The van der Waals surface area contributed by atoms with Crippen LogP contribution in [0.15, 0.2) is 30.2 Å². The van der Waals surface area contributed by atoms with Crippen molar-refractivity contribution in [3.63, 3.8) is 0 Å². The fourth-order valence-corrected chi connectivity index (χ4v) is 0.355. The lowest BCUT2D eigenvalue weighted by atomic mass is 10.3. The lowest BCUT2D eigenvalue weighted by molar-refractivity contribution is -0.0578. The summed E-state index contributed by atoms with van der Waals surface area (Å²) < 4.78 is 46.8. The Morgan fingerprint density at radius 2 is 1.82 bits per heavy atom. The molecule has 0 bridgehead atoms. The molecule has 0 rings (SSSR count). The Kier molecular flexibility index (Phi) is 2.98. The fourth-order valence-electron chi connectivity index (χ4n) is 0.355. The van der Waals surface area contributed by atoms with Gasteiger partial charge >= 0.3 is 6.18 Å². The number of alkyl halides is 3. The first-order valence-electron chi connectivity index (χ1n) is 2.50. The molecule has 0 saturated carbocycles. The van der Waals surface area contributed by atoms with Gasteiger partial charge < -0.3 is 0 Å². The highest BCUT2D eigenvalue weighted by Crippen LogP contribution is 2.19. The number of hydrogen-bond donors (Lipinski definition) is 0. The SMILES string of the molecule is C=C/C(=N\C(=C)F)C(F)(F)F. The molecule has 0 heterocycles. The molecule has 0 unspecified atom stereocenters. The Balaban J connectivity index is 4.68. The van der Waals surface area contributed by atoms with Gasteiger partial charge in [0.1, 0.15) is 5.71 Å². The number of aliphatic imine (C=N–C) groups is 1. The summed E-state index contributed by atoms with van der Waals surface area (Å²) in [5.41, 5.74) is -1.38. The predicted molar refractivity (Wildman–Crippen MR) is 33.9 cm³/mol. The summed E-state index contributed by atoms with van der Waals surface area (Å²) in [6.07, 6.45) is -4.25. The minimum atomic E-state index is -4.67. The molecule has 0 saturated heterocycles. The highest BCUT2D eigenvalue weighted by Gasteiger charge is 2.33. The molecule has 1 nitrogen and oxygen atoms in total. The maximum atomic E-state index is 11.7. The maximum absolute atomic E-state index is 11.7. The molecular formula is C6H5F4N. The van der Waals surface area contributed by atoms with Crippen LogP contribution in [-0.2, 0) is 0 Å². The molecule has 0 amide bonds. The monoisotopic (exact) mass is 167 g/mol. The first kappa shape index (κ1) is 9.87. The molecule has 0 atom stereocenters. The molecule has 0 N–H and O–H groups in total. The quantitative estimate of drug-likeness (QED) is 0.340. The average molecular weight is 167 g/mol. The first-order chi connectivity index (χ1) is 4.88. The van der Waals surface area contributed by atoms with Crippen molar-refractivity contribution < 1.29 is 17.6 Å². The van der Waals surface area contributed by atoms with Crippen LogP contribution in [0.2, 0.25) is 0 Å². The Hall–Kier alpha value is -1.13. The molecule has 11 heavy (non-hydrogen) atoms. The summed E-state index contributed by atoms with van der Waals surface area (Å²) in [6.45, 7) is 5.38. The van der Waals surface area contributed by atoms with E-state index in [-0.39, 0.29) is 0 Å². The van der Waals surface area contributed by atoms with Gasteiger partial charge in [0, 0.05) is 0 Å². The van der Waals surface area contributed by atoms with Crippen molar-refractivity contribution in [3.8, 4) is 0 Å². The Labute approximate surface area is 60.7 Å². The van der Waals surface area contributed by atoms with Gasteiger partial charge in [-0.2, -0.15) is 17.6 Å². The topological polar surface area (TPSA) is 12.4 Å². The zero-order valence-corrected chi connectivity index (χ0v) is 5.45. The molecule has 0 aliphatic rings. The molecule has 0 aliphatic heterocycles. The van der Waals surface area contributed by atoms with Gasteiger partial charge in [-0.3, -0.25) is 0 Å². The third-order valence-electron chi connectivity index (χ3n) is 0.726. The molecule has 0 aromatic carbocycles. The second kappa shape index (κ2) is 3.32. The van der Waals surface area contributed by atoms with Crippen molar-refractivity contribution in [2.75, 3.05) is 0 Å². The van der Waals surface area contributed by atoms with Gasteiger partial charge in [0.2, 0.25) is 5.95 Å². The second-order valence-electron chi connectivity index (χ2n) is 1.58. The molecule has 0 aromatic heterocycles. The zero-order valence-electron chi connectivity index (χ0n) is 5.45. The highest BCUT2D eigenvalue weighted by molar-refractivity contribution is 5.99. The lowest BCUT2D eigenvalue weighted by Crippen LogP contribution is -2.20. The minimum Gasteiger partial charge on any atom is -0.216 e. The standard InChI is InChI=1S/C6H5F4N/c1-3-5(6(8,9)10)11-4(2)7/h3H,1-2H2/b11-5+.